The number of hydrogen-bond acceptors (Lipinski definition) is 8. The van der Waals surface area contributed by atoms with Gasteiger partial charge in [-0.1, -0.05) is 12.1 Å². The van der Waals surface area contributed by atoms with Crippen LogP contribution in [-0.4, -0.2) is 35.4 Å². The van der Waals surface area contributed by atoms with Gasteiger partial charge in [-0.2, -0.15) is 4.37 Å². The summed E-state index contributed by atoms with van der Waals surface area (Å²) in [4.78, 5) is 37.1. The van der Waals surface area contributed by atoms with Gasteiger partial charge < -0.3 is 25.8 Å². The summed E-state index contributed by atoms with van der Waals surface area (Å²) in [5.74, 6) is -1.01. The van der Waals surface area contributed by atoms with Crippen LogP contribution >= 0.6 is 11.5 Å². The molecule has 0 unspecified atom stereocenters. The number of nitrogens with zero attached hydrogens (tertiary/aromatic N) is 1. The van der Waals surface area contributed by atoms with Crippen molar-refractivity contribution in [1.29, 1.82) is 0 Å². The number of aryl methyl sites for hydroxylation is 1. The van der Waals surface area contributed by atoms with Crippen LogP contribution in [0, 0.1) is 6.92 Å². The van der Waals surface area contributed by atoms with E-state index in [4.69, 9.17) is 15.2 Å². The van der Waals surface area contributed by atoms with Gasteiger partial charge in [0.05, 0.1) is 18.5 Å². The fraction of sp³-hybridized carbons (Fsp3) is 0.182. The van der Waals surface area contributed by atoms with E-state index in [1.54, 1.807) is 55.5 Å². The molecule has 1 aromatic heterocycles. The Morgan fingerprint density at radius 1 is 1.06 bits per heavy atom. The predicted molar refractivity (Wildman–Crippen MR) is 122 cm³/mol. The van der Waals surface area contributed by atoms with Crippen LogP contribution in [0.3, 0.4) is 0 Å². The molecule has 1 heterocycles. The van der Waals surface area contributed by atoms with Crippen LogP contribution in [0.4, 0.5) is 16.4 Å². The molecule has 2 aromatic carbocycles. The molecular formula is C22H22N4O5S. The van der Waals surface area contributed by atoms with Gasteiger partial charge >= 0.3 is 5.97 Å². The Kier molecular flexibility index (Phi) is 7.06. The van der Waals surface area contributed by atoms with E-state index >= 15 is 0 Å². The van der Waals surface area contributed by atoms with Crippen molar-refractivity contribution in [3.05, 3.63) is 65.4 Å². The van der Waals surface area contributed by atoms with Gasteiger partial charge in [-0.3, -0.25) is 9.59 Å². The maximum Gasteiger partial charge on any atom is 0.343 e. The summed E-state index contributed by atoms with van der Waals surface area (Å²) in [6.07, 6.45) is -1.06. The van der Waals surface area contributed by atoms with Crippen LogP contribution in [-0.2, 0) is 9.53 Å². The number of nitrogens with two attached hydrogens (primary N) is 1. The van der Waals surface area contributed by atoms with Crippen molar-refractivity contribution in [3.63, 3.8) is 0 Å². The molecule has 0 saturated heterocycles. The molecule has 0 fully saturated rings. The Morgan fingerprint density at radius 2 is 1.75 bits per heavy atom. The normalized spacial score (nSPS) is 11.3. The van der Waals surface area contributed by atoms with Crippen molar-refractivity contribution in [3.8, 4) is 5.75 Å². The average Bonchev–Trinajstić information content (AvgIpc) is 3.12. The Labute approximate surface area is 188 Å². The third-order valence-corrected chi connectivity index (χ3v) is 5.28. The van der Waals surface area contributed by atoms with Crippen molar-refractivity contribution < 1.29 is 23.9 Å². The highest BCUT2D eigenvalue weighted by atomic mass is 32.1. The lowest BCUT2D eigenvalue weighted by Crippen LogP contribution is -2.30. The first-order chi connectivity index (χ1) is 15.3. The van der Waals surface area contributed by atoms with Crippen LogP contribution in [0.1, 0.15) is 33.3 Å². The van der Waals surface area contributed by atoms with Crippen LogP contribution in [0.15, 0.2) is 48.5 Å². The maximum absolute atomic E-state index is 12.5. The van der Waals surface area contributed by atoms with Crippen molar-refractivity contribution in [1.82, 2.24) is 4.37 Å². The first-order valence-corrected chi connectivity index (χ1v) is 10.4. The second-order valence-electron chi connectivity index (χ2n) is 6.78. The van der Waals surface area contributed by atoms with Gasteiger partial charge in [0.25, 0.3) is 11.8 Å². The minimum Gasteiger partial charge on any atom is -0.495 e. The fourth-order valence-electron chi connectivity index (χ4n) is 2.80. The molecule has 0 radical (unpaired) electrons. The van der Waals surface area contributed by atoms with Gasteiger partial charge in [-0.05, 0) is 61.8 Å². The number of ether oxygens (including phenoxy) is 2. The van der Waals surface area contributed by atoms with E-state index in [1.165, 1.54) is 14.0 Å². The number of nitrogen functional groups attached to an aromatic ring is 1. The van der Waals surface area contributed by atoms with Crippen molar-refractivity contribution in [2.45, 2.75) is 20.0 Å². The van der Waals surface area contributed by atoms with E-state index in [9.17, 15) is 14.4 Å². The van der Waals surface area contributed by atoms with Gasteiger partial charge in [0.15, 0.2) is 6.10 Å². The molecule has 0 aliphatic rings. The standard InChI is InChI=1S/C22H22N4O5S/c1-12-18(19(23)32-26-12)22(29)31-13(2)20(27)24-15-10-8-14(9-11-15)21(28)25-16-6-4-5-7-17(16)30-3/h4-11,13H,23H2,1-3H3,(H,24,27)(H,25,28)/t13-/m0/s1. The molecule has 3 rings (SSSR count). The molecule has 2 amide bonds. The van der Waals surface area contributed by atoms with Crippen molar-refractivity contribution in [2.75, 3.05) is 23.5 Å². The number of methoxy groups -OCH3 is 1. The molecule has 1 atom stereocenters. The monoisotopic (exact) mass is 454 g/mol. The van der Waals surface area contributed by atoms with E-state index in [2.05, 4.69) is 15.0 Å². The van der Waals surface area contributed by atoms with E-state index < -0.39 is 18.0 Å². The quantitative estimate of drug-likeness (QED) is 0.466. The lowest BCUT2D eigenvalue weighted by atomic mass is 10.1. The van der Waals surface area contributed by atoms with Gasteiger partial charge in [0.1, 0.15) is 16.3 Å². The molecule has 10 heteroatoms. The molecule has 0 bridgehead atoms. The highest BCUT2D eigenvalue weighted by Gasteiger charge is 2.23. The first-order valence-electron chi connectivity index (χ1n) is 9.58. The molecule has 166 valence electrons. The highest BCUT2D eigenvalue weighted by Crippen LogP contribution is 2.24. The van der Waals surface area contributed by atoms with Crippen LogP contribution < -0.4 is 21.1 Å². The largest absolute Gasteiger partial charge is 0.495 e. The Morgan fingerprint density at radius 3 is 2.38 bits per heavy atom. The van der Waals surface area contributed by atoms with Gasteiger partial charge in [-0.15, -0.1) is 0 Å². The predicted octanol–water partition coefficient (Wildman–Crippen LogP) is 3.48. The van der Waals surface area contributed by atoms with Crippen LogP contribution in [0.5, 0.6) is 5.75 Å². The molecule has 0 aliphatic carbocycles. The van der Waals surface area contributed by atoms with Crippen molar-refractivity contribution >= 4 is 45.7 Å². The Bertz CT molecular complexity index is 1120. The molecule has 3 aromatic rings. The third kappa shape index (κ3) is 5.22. The van der Waals surface area contributed by atoms with Crippen LogP contribution in [0.25, 0.3) is 0 Å². The van der Waals surface area contributed by atoms with E-state index in [-0.39, 0.29) is 16.5 Å². The summed E-state index contributed by atoms with van der Waals surface area (Å²) in [5.41, 5.74) is 7.74. The summed E-state index contributed by atoms with van der Waals surface area (Å²) in [6, 6.07) is 13.4. The average molecular weight is 455 g/mol. The number of hydrogen-bond donors (Lipinski definition) is 3. The van der Waals surface area contributed by atoms with Gasteiger partial charge in [0, 0.05) is 11.3 Å². The summed E-state index contributed by atoms with van der Waals surface area (Å²) in [7, 11) is 1.52. The Balaban J connectivity index is 1.59. The van der Waals surface area contributed by atoms with E-state index in [1.807, 2.05) is 0 Å². The molecule has 0 saturated carbocycles. The van der Waals surface area contributed by atoms with E-state index in [0.29, 0.717) is 28.4 Å². The topological polar surface area (TPSA) is 133 Å². The highest BCUT2D eigenvalue weighted by molar-refractivity contribution is 7.10. The third-order valence-electron chi connectivity index (χ3n) is 4.52. The molecule has 32 heavy (non-hydrogen) atoms. The summed E-state index contributed by atoms with van der Waals surface area (Å²) < 4.78 is 14.4. The minimum atomic E-state index is -1.06. The zero-order valence-corrected chi connectivity index (χ0v) is 18.5. The summed E-state index contributed by atoms with van der Waals surface area (Å²) in [6.45, 7) is 3.09. The number of para-hydroxylation sites is 2. The number of amides is 2. The zero-order valence-electron chi connectivity index (χ0n) is 17.7. The fourth-order valence-corrected chi connectivity index (χ4v) is 3.45. The minimum absolute atomic E-state index is 0.167. The molecule has 4 N–H and O–H groups in total. The number of rotatable bonds is 7. The lowest BCUT2D eigenvalue weighted by Gasteiger charge is -2.14. The smallest absolute Gasteiger partial charge is 0.343 e. The number of aromatic nitrogens is 1. The number of benzene rings is 2. The van der Waals surface area contributed by atoms with Crippen molar-refractivity contribution in [2.24, 2.45) is 0 Å². The maximum atomic E-state index is 12.5. The van der Waals surface area contributed by atoms with E-state index in [0.717, 1.165) is 11.5 Å². The number of anilines is 3. The lowest BCUT2D eigenvalue weighted by molar-refractivity contribution is -0.123. The molecule has 0 spiro atoms. The molecular weight excluding hydrogens is 432 g/mol. The zero-order chi connectivity index (χ0) is 23.3. The summed E-state index contributed by atoms with van der Waals surface area (Å²) in [5, 5.41) is 5.66. The first kappa shape index (κ1) is 22.8. The number of carbonyl (C=O) groups is 3. The molecule has 0 aliphatic heterocycles. The SMILES string of the molecule is COc1ccccc1NC(=O)c1ccc(NC(=O)[C@H](C)OC(=O)c2c(C)nsc2N)cc1. The Hall–Kier alpha value is -3.92. The van der Waals surface area contributed by atoms with Gasteiger partial charge in [0.2, 0.25) is 0 Å². The van der Waals surface area contributed by atoms with Crippen LogP contribution in [0.2, 0.25) is 0 Å². The number of carbonyl (C=O) groups excluding carboxylic acids is 3. The number of esters is 1. The summed E-state index contributed by atoms with van der Waals surface area (Å²) >= 11 is 0.990. The second-order valence-corrected chi connectivity index (χ2v) is 7.58. The molecule has 9 nitrogen and oxygen atoms in total. The number of nitrogens with one attached hydrogen (secondary N) is 2. The van der Waals surface area contributed by atoms with Gasteiger partial charge in [-0.25, -0.2) is 4.79 Å². The second kappa shape index (κ2) is 9.92.